The van der Waals surface area contributed by atoms with E-state index in [2.05, 4.69) is 6.58 Å². The van der Waals surface area contributed by atoms with E-state index >= 15 is 0 Å². The Kier molecular flexibility index (Phi) is 8.53. The fourth-order valence-corrected chi connectivity index (χ4v) is 1.86. The van der Waals surface area contributed by atoms with Gasteiger partial charge in [0.25, 0.3) is 0 Å². The summed E-state index contributed by atoms with van der Waals surface area (Å²) in [4.78, 5) is 22.9. The highest BCUT2D eigenvalue weighted by Crippen LogP contribution is 2.11. The molecule has 0 atom stereocenters. The summed E-state index contributed by atoms with van der Waals surface area (Å²) in [6.07, 6.45) is 4.53. The van der Waals surface area contributed by atoms with Gasteiger partial charge in [0.15, 0.2) is 0 Å². The van der Waals surface area contributed by atoms with E-state index in [1.54, 1.807) is 11.1 Å². The molecule has 0 aromatic heterocycles. The number of amides is 1. The topological polar surface area (TPSA) is 83.6 Å². The molecule has 0 aliphatic carbocycles. The standard InChI is InChI=1S/C8H15NO2.C6H9NO/c1-3-7(8(10)11)6(2)4-5-9;1-2-7-5-3-4-6(7)8/h3-5,9H2,1-2H3,(H,10,11);2H,1,3-5H2. The minimum atomic E-state index is -0.821. The fraction of sp³-hybridized carbons (Fsp3) is 0.571. The Morgan fingerprint density at radius 2 is 2.21 bits per heavy atom. The molecule has 1 amide bonds. The summed E-state index contributed by atoms with van der Waals surface area (Å²) in [6.45, 7) is 8.53. The van der Waals surface area contributed by atoms with Crippen molar-refractivity contribution >= 4 is 11.9 Å². The van der Waals surface area contributed by atoms with E-state index in [0.717, 1.165) is 18.5 Å². The number of nitrogens with zero attached hydrogens (tertiary/aromatic N) is 1. The molecule has 1 rings (SSSR count). The number of carboxylic acid groups (broad SMARTS) is 1. The van der Waals surface area contributed by atoms with E-state index in [-0.39, 0.29) is 5.91 Å². The maximum absolute atomic E-state index is 10.7. The van der Waals surface area contributed by atoms with Gasteiger partial charge >= 0.3 is 5.97 Å². The van der Waals surface area contributed by atoms with Gasteiger partial charge in [-0.2, -0.15) is 0 Å². The molecule has 0 bridgehead atoms. The van der Waals surface area contributed by atoms with Gasteiger partial charge in [-0.25, -0.2) is 4.79 Å². The number of carbonyl (C=O) groups is 2. The minimum Gasteiger partial charge on any atom is -0.478 e. The van der Waals surface area contributed by atoms with Crippen molar-refractivity contribution in [1.29, 1.82) is 0 Å². The van der Waals surface area contributed by atoms with Crippen LogP contribution in [-0.4, -0.2) is 35.0 Å². The number of hydrogen-bond acceptors (Lipinski definition) is 3. The Balaban J connectivity index is 0.000000356. The van der Waals surface area contributed by atoms with Gasteiger partial charge in [0.05, 0.1) is 0 Å². The zero-order valence-corrected chi connectivity index (χ0v) is 11.8. The lowest BCUT2D eigenvalue weighted by Gasteiger charge is -2.05. The number of nitrogens with two attached hydrogens (primary N) is 1. The summed E-state index contributed by atoms with van der Waals surface area (Å²) in [5.74, 6) is -0.613. The van der Waals surface area contributed by atoms with Crippen molar-refractivity contribution in [3.8, 4) is 0 Å². The minimum absolute atomic E-state index is 0.208. The van der Waals surface area contributed by atoms with Crippen LogP contribution in [0, 0.1) is 0 Å². The molecule has 108 valence electrons. The summed E-state index contributed by atoms with van der Waals surface area (Å²) in [7, 11) is 0. The molecule has 0 saturated carbocycles. The smallest absolute Gasteiger partial charge is 0.331 e. The predicted octanol–water partition coefficient (Wildman–Crippen LogP) is 1.90. The predicted molar refractivity (Wildman–Crippen MR) is 75.4 cm³/mol. The second-order valence-corrected chi connectivity index (χ2v) is 4.33. The summed E-state index contributed by atoms with van der Waals surface area (Å²) >= 11 is 0. The maximum Gasteiger partial charge on any atom is 0.331 e. The Morgan fingerprint density at radius 3 is 2.47 bits per heavy atom. The molecule has 1 saturated heterocycles. The lowest BCUT2D eigenvalue weighted by Crippen LogP contribution is -2.16. The lowest BCUT2D eigenvalue weighted by atomic mass is 10.1. The number of aliphatic carboxylic acids is 1. The largest absolute Gasteiger partial charge is 0.478 e. The van der Waals surface area contributed by atoms with Gasteiger partial charge in [0, 0.05) is 18.5 Å². The van der Waals surface area contributed by atoms with Gasteiger partial charge in [-0.3, -0.25) is 4.79 Å². The molecule has 1 aliphatic rings. The number of carboxylic acids is 1. The van der Waals surface area contributed by atoms with Gasteiger partial charge < -0.3 is 15.7 Å². The Hall–Kier alpha value is -1.62. The summed E-state index contributed by atoms with van der Waals surface area (Å²) in [5.41, 5.74) is 6.68. The van der Waals surface area contributed by atoms with Crippen LogP contribution in [0.4, 0.5) is 0 Å². The summed E-state index contributed by atoms with van der Waals surface area (Å²) in [5, 5.41) is 8.67. The Bertz CT molecular complexity index is 362. The molecule has 0 unspecified atom stereocenters. The molecular weight excluding hydrogens is 244 g/mol. The van der Waals surface area contributed by atoms with Crippen LogP contribution in [0.15, 0.2) is 23.9 Å². The lowest BCUT2D eigenvalue weighted by molar-refractivity contribution is -0.132. The third-order valence-electron chi connectivity index (χ3n) is 2.98. The molecule has 0 spiro atoms. The first-order valence-corrected chi connectivity index (χ1v) is 6.51. The van der Waals surface area contributed by atoms with E-state index in [1.807, 2.05) is 13.8 Å². The van der Waals surface area contributed by atoms with Gasteiger partial charge in [0.1, 0.15) is 0 Å². The number of hydrogen-bond donors (Lipinski definition) is 2. The Labute approximate surface area is 114 Å². The molecule has 0 aromatic carbocycles. The van der Waals surface area contributed by atoms with Crippen molar-refractivity contribution in [2.45, 2.75) is 39.5 Å². The van der Waals surface area contributed by atoms with Gasteiger partial charge in [-0.05, 0) is 38.9 Å². The van der Waals surface area contributed by atoms with E-state index < -0.39 is 5.97 Å². The van der Waals surface area contributed by atoms with Crippen molar-refractivity contribution < 1.29 is 14.7 Å². The third kappa shape index (κ3) is 6.20. The highest BCUT2D eigenvalue weighted by molar-refractivity contribution is 5.87. The monoisotopic (exact) mass is 268 g/mol. The van der Waals surface area contributed by atoms with Crippen molar-refractivity contribution in [3.63, 3.8) is 0 Å². The second kappa shape index (κ2) is 9.33. The SMILES string of the molecule is C=CN1CCCC1=O.CCC(C(=O)O)=C(C)CCN. The fourth-order valence-electron chi connectivity index (χ4n) is 1.86. The third-order valence-corrected chi connectivity index (χ3v) is 2.98. The average molecular weight is 268 g/mol. The van der Waals surface area contributed by atoms with Gasteiger partial charge in [-0.15, -0.1) is 0 Å². The van der Waals surface area contributed by atoms with Crippen LogP contribution in [0.5, 0.6) is 0 Å². The van der Waals surface area contributed by atoms with Gasteiger partial charge in [-0.1, -0.05) is 19.1 Å². The van der Waals surface area contributed by atoms with E-state index in [1.165, 1.54) is 0 Å². The van der Waals surface area contributed by atoms with Crippen LogP contribution in [0.3, 0.4) is 0 Å². The van der Waals surface area contributed by atoms with Gasteiger partial charge in [0.2, 0.25) is 5.91 Å². The zero-order valence-electron chi connectivity index (χ0n) is 11.8. The Morgan fingerprint density at radius 1 is 1.58 bits per heavy atom. The molecule has 0 aromatic rings. The summed E-state index contributed by atoms with van der Waals surface area (Å²) in [6, 6.07) is 0. The number of rotatable bonds is 5. The van der Waals surface area contributed by atoms with Crippen LogP contribution in [0.25, 0.3) is 0 Å². The highest BCUT2D eigenvalue weighted by atomic mass is 16.4. The van der Waals surface area contributed by atoms with Crippen LogP contribution >= 0.6 is 0 Å². The molecule has 5 nitrogen and oxygen atoms in total. The molecule has 1 fully saturated rings. The average Bonchev–Trinajstić information content (AvgIpc) is 2.76. The quantitative estimate of drug-likeness (QED) is 0.746. The first-order valence-electron chi connectivity index (χ1n) is 6.51. The molecule has 5 heteroatoms. The molecule has 0 radical (unpaired) electrons. The molecular formula is C14H24N2O3. The van der Waals surface area contributed by atoms with E-state index in [0.29, 0.717) is 31.4 Å². The second-order valence-electron chi connectivity index (χ2n) is 4.33. The van der Waals surface area contributed by atoms with E-state index in [4.69, 9.17) is 10.8 Å². The molecule has 3 N–H and O–H groups in total. The van der Waals surface area contributed by atoms with Crippen LogP contribution in [-0.2, 0) is 9.59 Å². The first kappa shape index (κ1) is 17.4. The van der Waals surface area contributed by atoms with Crippen molar-refractivity contribution in [3.05, 3.63) is 23.9 Å². The number of carbonyl (C=O) groups excluding carboxylic acids is 1. The number of likely N-dealkylation sites (tertiary alicyclic amines) is 1. The van der Waals surface area contributed by atoms with Crippen LogP contribution in [0.2, 0.25) is 0 Å². The first-order chi connectivity index (χ1) is 8.97. The van der Waals surface area contributed by atoms with Crippen molar-refractivity contribution in [2.24, 2.45) is 5.73 Å². The molecule has 1 aliphatic heterocycles. The summed E-state index contributed by atoms with van der Waals surface area (Å²) < 4.78 is 0. The van der Waals surface area contributed by atoms with Crippen LogP contribution < -0.4 is 5.73 Å². The van der Waals surface area contributed by atoms with Crippen molar-refractivity contribution in [2.75, 3.05) is 13.1 Å². The van der Waals surface area contributed by atoms with Crippen molar-refractivity contribution in [1.82, 2.24) is 4.90 Å². The van der Waals surface area contributed by atoms with E-state index in [9.17, 15) is 9.59 Å². The molecule has 19 heavy (non-hydrogen) atoms. The normalized spacial score (nSPS) is 15.5. The molecule has 1 heterocycles. The maximum atomic E-state index is 10.7. The van der Waals surface area contributed by atoms with Crippen LogP contribution in [0.1, 0.15) is 39.5 Å². The zero-order chi connectivity index (χ0) is 14.8. The highest BCUT2D eigenvalue weighted by Gasteiger charge is 2.16.